The Labute approximate surface area is 113 Å². The number of hydrogen-bond donors (Lipinski definition) is 2. The van der Waals surface area contributed by atoms with E-state index in [2.05, 4.69) is 0 Å². The van der Waals surface area contributed by atoms with Gasteiger partial charge in [-0.25, -0.2) is 0 Å². The van der Waals surface area contributed by atoms with Gasteiger partial charge in [-0.1, -0.05) is 19.3 Å². The van der Waals surface area contributed by atoms with Crippen LogP contribution in [-0.4, -0.2) is 46.2 Å². The number of aliphatic hydroxyl groups excluding tert-OH is 1. The Morgan fingerprint density at radius 2 is 1.68 bits per heavy atom. The molecule has 0 unspecified atom stereocenters. The van der Waals surface area contributed by atoms with E-state index in [-0.39, 0.29) is 18.4 Å². The third-order valence-electron chi connectivity index (χ3n) is 4.57. The number of amides is 1. The van der Waals surface area contributed by atoms with Gasteiger partial charge in [0.25, 0.3) is 0 Å². The number of hydrogen-bond acceptors (Lipinski definition) is 3. The van der Waals surface area contributed by atoms with E-state index in [1.807, 2.05) is 0 Å². The lowest BCUT2D eigenvalue weighted by Crippen LogP contribution is -2.44. The van der Waals surface area contributed by atoms with Crippen LogP contribution in [0.15, 0.2) is 0 Å². The van der Waals surface area contributed by atoms with Gasteiger partial charge in [-0.3, -0.25) is 9.59 Å². The first-order chi connectivity index (χ1) is 9.03. The Morgan fingerprint density at radius 3 is 2.21 bits per heavy atom. The first kappa shape index (κ1) is 14.3. The van der Waals surface area contributed by atoms with Gasteiger partial charge in [0.05, 0.1) is 11.5 Å². The van der Waals surface area contributed by atoms with Crippen LogP contribution >= 0.6 is 0 Å². The summed E-state index contributed by atoms with van der Waals surface area (Å²) in [6, 6.07) is 0. The van der Waals surface area contributed by atoms with Crippen LogP contribution in [0, 0.1) is 5.41 Å². The summed E-state index contributed by atoms with van der Waals surface area (Å²) in [7, 11) is 0. The summed E-state index contributed by atoms with van der Waals surface area (Å²) in [5, 5.41) is 18.9. The van der Waals surface area contributed by atoms with Crippen molar-refractivity contribution in [3.63, 3.8) is 0 Å². The normalized spacial score (nSPS) is 24.2. The van der Waals surface area contributed by atoms with Crippen molar-refractivity contribution in [2.45, 2.75) is 57.5 Å². The molecule has 108 valence electrons. The van der Waals surface area contributed by atoms with Gasteiger partial charge >= 0.3 is 5.97 Å². The monoisotopic (exact) mass is 269 g/mol. The molecule has 0 aromatic heterocycles. The highest BCUT2D eigenvalue weighted by Crippen LogP contribution is 2.40. The molecule has 19 heavy (non-hydrogen) atoms. The van der Waals surface area contributed by atoms with Gasteiger partial charge in [0, 0.05) is 19.5 Å². The molecule has 0 aromatic rings. The van der Waals surface area contributed by atoms with Gasteiger partial charge in [0.1, 0.15) is 0 Å². The molecule has 2 aliphatic rings. The zero-order valence-electron chi connectivity index (χ0n) is 11.3. The molecule has 2 N–H and O–H groups in total. The summed E-state index contributed by atoms with van der Waals surface area (Å²) < 4.78 is 0. The highest BCUT2D eigenvalue weighted by Gasteiger charge is 2.42. The molecule has 1 saturated carbocycles. The molecule has 2 rings (SSSR count). The van der Waals surface area contributed by atoms with Crippen molar-refractivity contribution in [1.29, 1.82) is 0 Å². The largest absolute Gasteiger partial charge is 0.481 e. The van der Waals surface area contributed by atoms with Crippen LogP contribution in [0.3, 0.4) is 0 Å². The Hall–Kier alpha value is -1.10. The van der Waals surface area contributed by atoms with Crippen molar-refractivity contribution < 1.29 is 19.8 Å². The summed E-state index contributed by atoms with van der Waals surface area (Å²) in [5.74, 6) is -0.881. The topological polar surface area (TPSA) is 77.8 Å². The van der Waals surface area contributed by atoms with Crippen molar-refractivity contribution >= 4 is 11.9 Å². The van der Waals surface area contributed by atoms with E-state index in [9.17, 15) is 19.8 Å². The average Bonchev–Trinajstić information content (AvgIpc) is 2.40. The third-order valence-corrected chi connectivity index (χ3v) is 4.57. The van der Waals surface area contributed by atoms with E-state index in [1.54, 1.807) is 4.90 Å². The third kappa shape index (κ3) is 3.26. The van der Waals surface area contributed by atoms with Gasteiger partial charge in [-0.15, -0.1) is 0 Å². The van der Waals surface area contributed by atoms with Gasteiger partial charge in [-0.2, -0.15) is 0 Å². The lowest BCUT2D eigenvalue weighted by molar-refractivity contribution is -0.156. The molecule has 1 aliphatic heterocycles. The smallest absolute Gasteiger partial charge is 0.310 e. The fourth-order valence-electron chi connectivity index (χ4n) is 3.21. The van der Waals surface area contributed by atoms with E-state index in [0.717, 1.165) is 19.3 Å². The van der Waals surface area contributed by atoms with E-state index in [1.165, 1.54) is 0 Å². The summed E-state index contributed by atoms with van der Waals surface area (Å²) in [6.07, 6.45) is 5.12. The maximum Gasteiger partial charge on any atom is 0.310 e. The second-order valence-electron chi connectivity index (χ2n) is 5.93. The first-order valence-electron chi connectivity index (χ1n) is 7.23. The summed E-state index contributed by atoms with van der Waals surface area (Å²) >= 11 is 0. The SMILES string of the molecule is O=C(CC1(C(=O)O)CCCCC1)N1CCC(O)CC1. The fourth-order valence-corrected chi connectivity index (χ4v) is 3.21. The molecule has 1 saturated heterocycles. The van der Waals surface area contributed by atoms with Crippen LogP contribution in [0.25, 0.3) is 0 Å². The van der Waals surface area contributed by atoms with Crippen LogP contribution in [0.4, 0.5) is 0 Å². The number of carboxylic acids is 1. The first-order valence-corrected chi connectivity index (χ1v) is 7.23. The molecule has 0 bridgehead atoms. The fraction of sp³-hybridized carbons (Fsp3) is 0.857. The lowest BCUT2D eigenvalue weighted by Gasteiger charge is -2.36. The van der Waals surface area contributed by atoms with E-state index < -0.39 is 11.4 Å². The predicted octanol–water partition coefficient (Wildman–Crippen LogP) is 1.39. The number of carbonyl (C=O) groups excluding carboxylic acids is 1. The van der Waals surface area contributed by atoms with Crippen LogP contribution in [0.2, 0.25) is 0 Å². The molecule has 0 spiro atoms. The zero-order chi connectivity index (χ0) is 13.9. The second-order valence-corrected chi connectivity index (χ2v) is 5.93. The highest BCUT2D eigenvalue weighted by molar-refractivity contribution is 5.85. The van der Waals surface area contributed by atoms with E-state index in [4.69, 9.17) is 0 Å². The van der Waals surface area contributed by atoms with Crippen LogP contribution in [0.1, 0.15) is 51.4 Å². The average molecular weight is 269 g/mol. The maximum atomic E-state index is 12.3. The zero-order valence-corrected chi connectivity index (χ0v) is 11.3. The standard InChI is InChI=1S/C14H23NO4/c16-11-4-8-15(9-5-11)12(17)10-14(13(18)19)6-2-1-3-7-14/h11,16H,1-10H2,(H,18,19). The lowest BCUT2D eigenvalue weighted by atomic mass is 9.71. The number of aliphatic carboxylic acids is 1. The van der Waals surface area contributed by atoms with E-state index in [0.29, 0.717) is 38.8 Å². The van der Waals surface area contributed by atoms with Gasteiger partial charge in [0.15, 0.2) is 0 Å². The second kappa shape index (κ2) is 5.90. The number of likely N-dealkylation sites (tertiary alicyclic amines) is 1. The Morgan fingerprint density at radius 1 is 1.11 bits per heavy atom. The van der Waals surface area contributed by atoms with Crippen LogP contribution in [0.5, 0.6) is 0 Å². The molecular weight excluding hydrogens is 246 g/mol. The molecule has 1 amide bonds. The van der Waals surface area contributed by atoms with Crippen molar-refractivity contribution in [1.82, 2.24) is 4.90 Å². The summed E-state index contributed by atoms with van der Waals surface area (Å²) in [4.78, 5) is 25.5. The molecule has 5 nitrogen and oxygen atoms in total. The summed E-state index contributed by atoms with van der Waals surface area (Å²) in [5.41, 5.74) is -0.842. The van der Waals surface area contributed by atoms with Crippen molar-refractivity contribution in [2.24, 2.45) is 5.41 Å². The molecule has 2 fully saturated rings. The van der Waals surface area contributed by atoms with Crippen LogP contribution in [-0.2, 0) is 9.59 Å². The quantitative estimate of drug-likeness (QED) is 0.811. The Kier molecular flexibility index (Phi) is 4.45. The minimum absolute atomic E-state index is 0.0591. The Balaban J connectivity index is 1.97. The number of rotatable bonds is 3. The van der Waals surface area contributed by atoms with Crippen molar-refractivity contribution in [2.75, 3.05) is 13.1 Å². The van der Waals surface area contributed by atoms with Gasteiger partial charge in [0.2, 0.25) is 5.91 Å². The van der Waals surface area contributed by atoms with Gasteiger partial charge < -0.3 is 15.1 Å². The van der Waals surface area contributed by atoms with Crippen LogP contribution < -0.4 is 0 Å². The molecule has 0 aromatic carbocycles. The number of carboxylic acid groups (broad SMARTS) is 1. The van der Waals surface area contributed by atoms with Crippen molar-refractivity contribution in [3.05, 3.63) is 0 Å². The molecular formula is C14H23NO4. The van der Waals surface area contributed by atoms with E-state index >= 15 is 0 Å². The van der Waals surface area contributed by atoms with Crippen molar-refractivity contribution in [3.8, 4) is 0 Å². The highest BCUT2D eigenvalue weighted by atomic mass is 16.4. The number of aliphatic hydroxyl groups is 1. The predicted molar refractivity (Wildman–Crippen MR) is 69.6 cm³/mol. The minimum atomic E-state index is -0.842. The molecule has 1 aliphatic carbocycles. The molecule has 1 heterocycles. The number of piperidine rings is 1. The van der Waals surface area contributed by atoms with Gasteiger partial charge in [-0.05, 0) is 25.7 Å². The summed E-state index contributed by atoms with van der Waals surface area (Å²) in [6.45, 7) is 1.10. The number of nitrogens with zero attached hydrogens (tertiary/aromatic N) is 1. The molecule has 5 heteroatoms. The number of carbonyl (C=O) groups is 2. The maximum absolute atomic E-state index is 12.3. The molecule has 0 atom stereocenters. The molecule has 0 radical (unpaired) electrons. The Bertz CT molecular complexity index is 341. The minimum Gasteiger partial charge on any atom is -0.481 e.